The highest BCUT2D eigenvalue weighted by atomic mass is 16.5. The molecule has 3 aliphatic rings. The first-order valence-electron chi connectivity index (χ1n) is 15.5. The molecule has 2 heterocycles. The first-order chi connectivity index (χ1) is 20.7. The lowest BCUT2D eigenvalue weighted by Crippen LogP contribution is -2.49. The molecule has 0 saturated heterocycles. The van der Waals surface area contributed by atoms with Crippen molar-refractivity contribution in [3.63, 3.8) is 0 Å². The average Bonchev–Trinajstić information content (AvgIpc) is 3.02. The van der Waals surface area contributed by atoms with Gasteiger partial charge in [-0.3, -0.25) is 4.99 Å². The van der Waals surface area contributed by atoms with Crippen molar-refractivity contribution in [1.29, 1.82) is 0 Å². The van der Waals surface area contributed by atoms with Gasteiger partial charge in [-0.25, -0.2) is 4.98 Å². The Labute approximate surface area is 254 Å². The molecule has 7 rings (SSSR count). The van der Waals surface area contributed by atoms with E-state index in [-0.39, 0.29) is 0 Å². The number of hydrogen-bond acceptors (Lipinski definition) is 3. The highest BCUT2D eigenvalue weighted by Crippen LogP contribution is 2.37. The average molecular weight is 567 g/mol. The van der Waals surface area contributed by atoms with Crippen LogP contribution in [0.25, 0.3) is 39.0 Å². The quantitative estimate of drug-likeness (QED) is 0.167. The van der Waals surface area contributed by atoms with Crippen molar-refractivity contribution in [1.82, 2.24) is 4.98 Å². The summed E-state index contributed by atoms with van der Waals surface area (Å²) in [6.45, 7) is 7.67. The Kier molecular flexibility index (Phi) is 6.99. The second-order valence-corrected chi connectivity index (χ2v) is 13.3. The predicted molar refractivity (Wildman–Crippen MR) is 179 cm³/mol. The second-order valence-electron chi connectivity index (χ2n) is 13.3. The minimum Gasteiger partial charge on any atom is -0.439 e. The molecule has 0 saturated carbocycles. The molecule has 4 aromatic rings. The number of pyridine rings is 1. The number of aromatic nitrogens is 1. The zero-order valence-electron chi connectivity index (χ0n) is 25.5. The van der Waals surface area contributed by atoms with Crippen molar-refractivity contribution in [3.8, 4) is 11.3 Å². The normalized spacial score (nSPS) is 21.5. The van der Waals surface area contributed by atoms with Gasteiger partial charge in [-0.2, -0.15) is 0 Å². The van der Waals surface area contributed by atoms with Gasteiger partial charge in [0.1, 0.15) is 5.60 Å². The van der Waals surface area contributed by atoms with Crippen LogP contribution in [-0.4, -0.2) is 34.8 Å². The van der Waals surface area contributed by atoms with E-state index in [9.17, 15) is 0 Å². The lowest BCUT2D eigenvalue weighted by Gasteiger charge is -2.33. The summed E-state index contributed by atoms with van der Waals surface area (Å²) in [6, 6.07) is 21.6. The maximum Gasteiger partial charge on any atom is 0.331 e. The minimum absolute atomic E-state index is 0.298. The number of benzene rings is 3. The molecule has 2 aliphatic carbocycles. The molecule has 5 heteroatoms. The van der Waals surface area contributed by atoms with Crippen LogP contribution in [-0.2, 0) is 4.65 Å². The second kappa shape index (κ2) is 10.7. The summed E-state index contributed by atoms with van der Waals surface area (Å²) in [5.74, 6) is 1.07. The van der Waals surface area contributed by atoms with Gasteiger partial charge in [-0.05, 0) is 62.1 Å². The molecule has 43 heavy (non-hydrogen) atoms. The Hall–Kier alpha value is -3.80. The Morgan fingerprint density at radius 3 is 2.53 bits per heavy atom. The van der Waals surface area contributed by atoms with Crippen molar-refractivity contribution in [3.05, 3.63) is 107 Å². The largest absolute Gasteiger partial charge is 0.439 e. The number of hydrogen-bond donors (Lipinski definition) is 0. The Balaban J connectivity index is 1.32. The smallest absolute Gasteiger partial charge is 0.331 e. The van der Waals surface area contributed by atoms with Crippen LogP contribution in [0.5, 0.6) is 0 Å². The first kappa shape index (κ1) is 28.0. The molecular formula is C38H39BN2O2+. The van der Waals surface area contributed by atoms with Crippen LogP contribution in [0.1, 0.15) is 47.0 Å². The standard InChI is InChI=1S/C38H38BN2O2/c1-37(2,42)38(3,4)43-39-28-16-17-29-30-18-21-33-31(35(30)36(41-34(29)23-28)25-11-6-5-7-12-25)19-20-32(40-33)27-15-14-24-10-8-9-13-26(24)22-27/h5-14,16-19,21,23,26-27,32,42H,15,20,22H2,1-4H3/p+1. The third kappa shape index (κ3) is 5.19. The number of nitrogens with zero attached hydrogens (tertiary/aromatic N) is 2. The van der Waals surface area contributed by atoms with Crippen molar-refractivity contribution in [2.45, 2.75) is 64.2 Å². The van der Waals surface area contributed by atoms with Crippen LogP contribution in [0.3, 0.4) is 0 Å². The maximum absolute atomic E-state index is 8.45. The molecule has 4 nitrogen and oxygen atoms in total. The van der Waals surface area contributed by atoms with E-state index in [1.807, 2.05) is 27.7 Å². The molecular weight excluding hydrogens is 527 g/mol. The van der Waals surface area contributed by atoms with Crippen LogP contribution >= 0.6 is 0 Å². The molecule has 0 fully saturated rings. The molecule has 3 unspecified atom stereocenters. The van der Waals surface area contributed by atoms with Gasteiger partial charge in [0.15, 0.2) is 5.60 Å². The Morgan fingerprint density at radius 2 is 1.72 bits per heavy atom. The van der Waals surface area contributed by atoms with Gasteiger partial charge >= 0.3 is 7.48 Å². The summed E-state index contributed by atoms with van der Waals surface area (Å²) in [4.78, 5) is 10.7. The van der Waals surface area contributed by atoms with E-state index in [0.717, 1.165) is 45.8 Å². The fraction of sp³-hybridized carbons (Fsp3) is 0.316. The molecule has 3 atom stereocenters. The predicted octanol–water partition coefficient (Wildman–Crippen LogP) is 5.85. The minimum atomic E-state index is -0.740. The Morgan fingerprint density at radius 1 is 0.907 bits per heavy atom. The van der Waals surface area contributed by atoms with Crippen LogP contribution < -0.4 is 16.0 Å². The first-order valence-corrected chi connectivity index (χ1v) is 15.5. The fourth-order valence-corrected chi connectivity index (χ4v) is 6.52. The summed E-state index contributed by atoms with van der Waals surface area (Å²) in [7, 11) is 1.77. The monoisotopic (exact) mass is 566 g/mol. The highest BCUT2D eigenvalue weighted by molar-refractivity contribution is 6.47. The lowest BCUT2D eigenvalue weighted by atomic mass is 9.75. The summed E-state index contributed by atoms with van der Waals surface area (Å²) in [5, 5.41) is 14.2. The SMILES string of the molecule is CC(C)([OH2+])C(C)(C)O[B]c1ccc2c(c1)nc(-c1ccccc1)c1c3c(ccc12)=NC(C1CC=C2C=CC=CC2C1)CC=3. The summed E-state index contributed by atoms with van der Waals surface area (Å²) < 4.78 is 6.13. The maximum atomic E-state index is 8.45. The van der Waals surface area contributed by atoms with E-state index in [1.54, 1.807) is 7.48 Å². The van der Waals surface area contributed by atoms with Crippen molar-refractivity contribution < 1.29 is 9.76 Å². The zero-order chi connectivity index (χ0) is 29.8. The molecule has 3 aromatic carbocycles. The zero-order valence-corrected chi connectivity index (χ0v) is 25.5. The van der Waals surface area contributed by atoms with Crippen molar-refractivity contribution in [2.75, 3.05) is 0 Å². The van der Waals surface area contributed by atoms with Crippen LogP contribution in [0, 0.1) is 11.8 Å². The van der Waals surface area contributed by atoms with Gasteiger partial charge in [0, 0.05) is 41.3 Å². The third-order valence-corrected chi connectivity index (χ3v) is 9.84. The van der Waals surface area contributed by atoms with Gasteiger partial charge in [0.2, 0.25) is 0 Å². The summed E-state index contributed by atoms with van der Waals surface area (Å²) in [6.07, 6.45) is 17.0. The molecule has 0 amide bonds. The van der Waals surface area contributed by atoms with Gasteiger partial charge in [-0.15, -0.1) is 0 Å². The molecule has 215 valence electrons. The molecule has 0 bridgehead atoms. The molecule has 1 aromatic heterocycles. The van der Waals surface area contributed by atoms with Crippen molar-refractivity contribution >= 4 is 40.7 Å². The molecule has 0 spiro atoms. The van der Waals surface area contributed by atoms with Crippen LogP contribution in [0.4, 0.5) is 0 Å². The van der Waals surface area contributed by atoms with E-state index in [2.05, 4.69) is 97.1 Å². The Bertz CT molecular complexity index is 1930. The highest BCUT2D eigenvalue weighted by Gasteiger charge is 2.40. The van der Waals surface area contributed by atoms with E-state index in [1.165, 1.54) is 28.0 Å². The van der Waals surface area contributed by atoms with Gasteiger partial charge < -0.3 is 9.76 Å². The van der Waals surface area contributed by atoms with Crippen LogP contribution in [0.15, 0.2) is 102 Å². The summed E-state index contributed by atoms with van der Waals surface area (Å²) >= 11 is 0. The molecule has 2 N–H and O–H groups in total. The molecule has 1 aliphatic heterocycles. The van der Waals surface area contributed by atoms with E-state index in [4.69, 9.17) is 19.7 Å². The van der Waals surface area contributed by atoms with Gasteiger partial charge in [-0.1, -0.05) is 90.4 Å². The number of rotatable bonds is 6. The van der Waals surface area contributed by atoms with Crippen LogP contribution in [0.2, 0.25) is 0 Å². The molecule has 1 radical (unpaired) electrons. The third-order valence-electron chi connectivity index (χ3n) is 9.84. The summed E-state index contributed by atoms with van der Waals surface area (Å²) in [5.41, 5.74) is 4.04. The number of allylic oxidation sites excluding steroid dienone is 6. The number of fused-ring (bicyclic) bond motifs is 6. The van der Waals surface area contributed by atoms with E-state index >= 15 is 0 Å². The van der Waals surface area contributed by atoms with E-state index < -0.39 is 11.2 Å². The van der Waals surface area contributed by atoms with Crippen molar-refractivity contribution in [2.24, 2.45) is 16.8 Å². The fourth-order valence-electron chi connectivity index (χ4n) is 6.52. The topological polar surface area (TPSA) is 57.4 Å². The van der Waals surface area contributed by atoms with E-state index in [0.29, 0.717) is 17.9 Å². The lowest BCUT2D eigenvalue weighted by molar-refractivity contribution is -0.0893. The van der Waals surface area contributed by atoms with Gasteiger partial charge in [0.05, 0.1) is 22.6 Å². The van der Waals surface area contributed by atoms with Gasteiger partial charge in [0.25, 0.3) is 0 Å².